The van der Waals surface area contributed by atoms with E-state index in [1.165, 1.54) is 11.1 Å². The number of nitrogens with one attached hydrogen (secondary N) is 1. The van der Waals surface area contributed by atoms with Gasteiger partial charge in [0.05, 0.1) is 11.8 Å². The Morgan fingerprint density at radius 1 is 1.28 bits per heavy atom. The Morgan fingerprint density at radius 3 is 2.72 bits per heavy atom. The number of carbonyl (C=O) groups is 2. The molecular formula is C14H15NO3. The summed E-state index contributed by atoms with van der Waals surface area (Å²) in [6, 6.07) is 8.23. The zero-order valence-electron chi connectivity index (χ0n) is 9.93. The topological polar surface area (TPSA) is 66.4 Å². The van der Waals surface area contributed by atoms with Crippen molar-refractivity contribution >= 4 is 11.9 Å². The molecule has 94 valence electrons. The number of hydrogen-bond acceptors (Lipinski definition) is 2. The molecule has 1 amide bonds. The Balaban J connectivity index is 1.50. The summed E-state index contributed by atoms with van der Waals surface area (Å²) in [6.45, 7) is 0.624. The number of carboxylic acid groups (broad SMARTS) is 1. The minimum absolute atomic E-state index is 0.105. The molecule has 18 heavy (non-hydrogen) atoms. The second-order valence-corrected chi connectivity index (χ2v) is 5.13. The van der Waals surface area contributed by atoms with E-state index in [0.29, 0.717) is 18.9 Å². The fourth-order valence-electron chi connectivity index (χ4n) is 2.66. The number of rotatable bonds is 4. The Hall–Kier alpha value is -1.84. The average molecular weight is 245 g/mol. The lowest BCUT2D eigenvalue weighted by Crippen LogP contribution is -2.34. The van der Waals surface area contributed by atoms with Crippen LogP contribution in [0.4, 0.5) is 0 Å². The molecule has 0 aliphatic heterocycles. The number of benzene rings is 1. The van der Waals surface area contributed by atoms with Crippen molar-refractivity contribution in [3.63, 3.8) is 0 Å². The minimum Gasteiger partial charge on any atom is -0.481 e. The predicted octanol–water partition coefficient (Wildman–Crippen LogP) is 1.16. The van der Waals surface area contributed by atoms with Crippen molar-refractivity contribution in [1.29, 1.82) is 0 Å². The predicted molar refractivity (Wildman–Crippen MR) is 65.1 cm³/mol. The zero-order chi connectivity index (χ0) is 12.7. The van der Waals surface area contributed by atoms with Gasteiger partial charge in [0.2, 0.25) is 5.91 Å². The first-order valence-electron chi connectivity index (χ1n) is 6.25. The normalized spacial score (nSPS) is 27.9. The van der Waals surface area contributed by atoms with Crippen LogP contribution in [0.5, 0.6) is 0 Å². The van der Waals surface area contributed by atoms with Crippen LogP contribution in [-0.2, 0) is 16.0 Å². The van der Waals surface area contributed by atoms with Crippen molar-refractivity contribution in [1.82, 2.24) is 5.32 Å². The lowest BCUT2D eigenvalue weighted by atomic mass is 9.77. The van der Waals surface area contributed by atoms with Crippen LogP contribution in [0.25, 0.3) is 0 Å². The molecule has 3 rings (SSSR count). The molecule has 0 saturated heterocycles. The monoisotopic (exact) mass is 245 g/mol. The van der Waals surface area contributed by atoms with E-state index in [0.717, 1.165) is 6.42 Å². The van der Waals surface area contributed by atoms with Gasteiger partial charge in [0.25, 0.3) is 0 Å². The maximum absolute atomic E-state index is 11.7. The van der Waals surface area contributed by atoms with E-state index in [2.05, 4.69) is 17.4 Å². The van der Waals surface area contributed by atoms with E-state index in [1.54, 1.807) is 0 Å². The van der Waals surface area contributed by atoms with Gasteiger partial charge < -0.3 is 10.4 Å². The molecule has 1 aromatic carbocycles. The van der Waals surface area contributed by atoms with Gasteiger partial charge in [-0.1, -0.05) is 24.3 Å². The molecule has 0 spiro atoms. The quantitative estimate of drug-likeness (QED) is 0.836. The maximum atomic E-state index is 11.7. The number of amides is 1. The van der Waals surface area contributed by atoms with Gasteiger partial charge in [0.1, 0.15) is 0 Å². The molecule has 2 aliphatic carbocycles. The van der Waals surface area contributed by atoms with Crippen molar-refractivity contribution in [2.24, 2.45) is 11.8 Å². The Morgan fingerprint density at radius 2 is 2.06 bits per heavy atom. The second kappa shape index (κ2) is 4.12. The second-order valence-electron chi connectivity index (χ2n) is 5.13. The minimum atomic E-state index is -0.857. The van der Waals surface area contributed by atoms with Gasteiger partial charge in [-0.25, -0.2) is 0 Å². The fourth-order valence-corrected chi connectivity index (χ4v) is 2.66. The third-order valence-electron chi connectivity index (χ3n) is 3.93. The molecule has 0 radical (unpaired) electrons. The van der Waals surface area contributed by atoms with E-state index < -0.39 is 11.9 Å². The van der Waals surface area contributed by atoms with Gasteiger partial charge in [0, 0.05) is 12.5 Å². The number of fused-ring (bicyclic) bond motifs is 1. The van der Waals surface area contributed by atoms with Gasteiger partial charge >= 0.3 is 5.97 Å². The van der Waals surface area contributed by atoms with Crippen molar-refractivity contribution in [3.8, 4) is 0 Å². The summed E-state index contributed by atoms with van der Waals surface area (Å²) in [5.74, 6) is -1.33. The van der Waals surface area contributed by atoms with Gasteiger partial charge in [-0.2, -0.15) is 0 Å². The van der Waals surface area contributed by atoms with E-state index in [1.807, 2.05) is 12.1 Å². The van der Waals surface area contributed by atoms with E-state index in [-0.39, 0.29) is 11.8 Å². The first kappa shape index (κ1) is 11.3. The molecule has 1 fully saturated rings. The summed E-state index contributed by atoms with van der Waals surface area (Å²) in [5.41, 5.74) is 2.66. The van der Waals surface area contributed by atoms with Gasteiger partial charge in [0.15, 0.2) is 0 Å². The van der Waals surface area contributed by atoms with Gasteiger partial charge in [-0.05, 0) is 24.0 Å². The van der Waals surface area contributed by atoms with E-state index in [4.69, 9.17) is 5.11 Å². The fraction of sp³-hybridized carbons (Fsp3) is 0.429. The number of aliphatic carboxylic acids is 1. The van der Waals surface area contributed by atoms with Crippen LogP contribution in [0.2, 0.25) is 0 Å². The van der Waals surface area contributed by atoms with Crippen LogP contribution in [0.3, 0.4) is 0 Å². The number of carbonyl (C=O) groups excluding carboxylic acids is 1. The standard InChI is InChI=1S/C14H15NO3/c16-13(11-6-12(11)14(17)18)15-7-9-5-8-3-1-2-4-10(8)9/h1-4,9,11-12H,5-7H2,(H,15,16)(H,17,18)/t9-,11+,12-/m1/s1. The van der Waals surface area contributed by atoms with Crippen LogP contribution in [0, 0.1) is 11.8 Å². The third-order valence-corrected chi connectivity index (χ3v) is 3.93. The molecule has 4 heteroatoms. The number of carboxylic acids is 1. The Kier molecular flexibility index (Phi) is 2.58. The lowest BCUT2D eigenvalue weighted by Gasteiger charge is -2.30. The molecule has 3 atom stereocenters. The highest BCUT2D eigenvalue weighted by atomic mass is 16.4. The summed E-state index contributed by atoms with van der Waals surface area (Å²) < 4.78 is 0. The highest BCUT2D eigenvalue weighted by molar-refractivity contribution is 5.89. The summed E-state index contributed by atoms with van der Waals surface area (Å²) in [4.78, 5) is 22.4. The van der Waals surface area contributed by atoms with E-state index in [9.17, 15) is 9.59 Å². The Labute approximate surface area is 105 Å². The van der Waals surface area contributed by atoms with Gasteiger partial charge in [-0.3, -0.25) is 9.59 Å². The molecule has 0 aromatic heterocycles. The third kappa shape index (κ3) is 1.88. The Bertz CT molecular complexity index is 512. The molecule has 2 N–H and O–H groups in total. The molecular weight excluding hydrogens is 230 g/mol. The molecule has 4 nitrogen and oxygen atoms in total. The average Bonchev–Trinajstić information content (AvgIpc) is 3.10. The SMILES string of the molecule is O=C(NC[C@H]1Cc2ccccc21)[C@H]1C[C@H]1C(=O)O. The summed E-state index contributed by atoms with van der Waals surface area (Å²) in [6.07, 6.45) is 1.49. The first-order chi connectivity index (χ1) is 8.66. The molecule has 1 saturated carbocycles. The largest absolute Gasteiger partial charge is 0.481 e. The molecule has 0 heterocycles. The van der Waals surface area contributed by atoms with Crippen molar-refractivity contribution in [2.75, 3.05) is 6.54 Å². The lowest BCUT2D eigenvalue weighted by molar-refractivity contribution is -0.140. The maximum Gasteiger partial charge on any atom is 0.307 e. The summed E-state index contributed by atoms with van der Waals surface area (Å²) in [5, 5.41) is 11.6. The van der Waals surface area contributed by atoms with Crippen molar-refractivity contribution in [3.05, 3.63) is 35.4 Å². The number of hydrogen-bond donors (Lipinski definition) is 2. The zero-order valence-corrected chi connectivity index (χ0v) is 9.93. The van der Waals surface area contributed by atoms with Crippen molar-refractivity contribution < 1.29 is 14.7 Å². The van der Waals surface area contributed by atoms with Crippen molar-refractivity contribution in [2.45, 2.75) is 18.8 Å². The van der Waals surface area contributed by atoms with Crippen LogP contribution in [0.15, 0.2) is 24.3 Å². The van der Waals surface area contributed by atoms with Gasteiger partial charge in [-0.15, -0.1) is 0 Å². The van der Waals surface area contributed by atoms with Crippen LogP contribution < -0.4 is 5.32 Å². The van der Waals surface area contributed by atoms with E-state index >= 15 is 0 Å². The molecule has 1 aromatic rings. The van der Waals surface area contributed by atoms with Crippen LogP contribution in [-0.4, -0.2) is 23.5 Å². The molecule has 2 aliphatic rings. The smallest absolute Gasteiger partial charge is 0.307 e. The highest BCUT2D eigenvalue weighted by Crippen LogP contribution is 2.39. The first-order valence-corrected chi connectivity index (χ1v) is 6.25. The summed E-state index contributed by atoms with van der Waals surface area (Å²) in [7, 11) is 0. The highest BCUT2D eigenvalue weighted by Gasteiger charge is 2.48. The summed E-state index contributed by atoms with van der Waals surface area (Å²) >= 11 is 0. The van der Waals surface area contributed by atoms with Crippen LogP contribution in [0.1, 0.15) is 23.5 Å². The molecule has 0 bridgehead atoms. The molecule has 0 unspecified atom stereocenters. The van der Waals surface area contributed by atoms with Crippen LogP contribution >= 0.6 is 0 Å².